The maximum atomic E-state index is 13.0. The Labute approximate surface area is 85.8 Å². The first-order valence-electron chi connectivity index (χ1n) is 4.48. The number of rotatable bonds is 2. The fourth-order valence-corrected chi connectivity index (χ4v) is 1.35. The van der Waals surface area contributed by atoms with Gasteiger partial charge < -0.3 is 5.11 Å². The summed E-state index contributed by atoms with van der Waals surface area (Å²) in [6.07, 6.45) is 0.562. The van der Waals surface area contributed by atoms with Gasteiger partial charge in [0, 0.05) is 0 Å². The molecule has 0 radical (unpaired) electrons. The molecule has 1 atom stereocenters. The SMILES string of the molecule is Cc1cc(C(O)c2cn[nH]n2)ccc1F. The monoisotopic (exact) mass is 207 g/mol. The number of aliphatic hydroxyl groups is 1. The summed E-state index contributed by atoms with van der Waals surface area (Å²) in [5, 5.41) is 19.6. The molecule has 2 aromatic rings. The third-order valence-electron chi connectivity index (χ3n) is 2.21. The molecular weight excluding hydrogens is 197 g/mol. The number of hydrogen-bond acceptors (Lipinski definition) is 3. The van der Waals surface area contributed by atoms with Gasteiger partial charge in [-0.3, -0.25) is 0 Å². The van der Waals surface area contributed by atoms with E-state index < -0.39 is 6.10 Å². The van der Waals surface area contributed by atoms with Crippen molar-refractivity contribution in [2.24, 2.45) is 0 Å². The van der Waals surface area contributed by atoms with Gasteiger partial charge in [0.05, 0.1) is 6.20 Å². The summed E-state index contributed by atoms with van der Waals surface area (Å²) in [5.41, 5.74) is 1.51. The van der Waals surface area contributed by atoms with Crippen molar-refractivity contribution in [3.63, 3.8) is 0 Å². The molecule has 2 N–H and O–H groups in total. The van der Waals surface area contributed by atoms with Crippen molar-refractivity contribution >= 4 is 0 Å². The molecule has 4 nitrogen and oxygen atoms in total. The molecule has 1 unspecified atom stereocenters. The summed E-state index contributed by atoms with van der Waals surface area (Å²) in [7, 11) is 0. The zero-order valence-electron chi connectivity index (χ0n) is 8.11. The van der Waals surface area contributed by atoms with Gasteiger partial charge in [-0.25, -0.2) is 4.39 Å². The number of H-pyrrole nitrogens is 1. The molecule has 1 aromatic heterocycles. The highest BCUT2D eigenvalue weighted by Gasteiger charge is 2.13. The predicted molar refractivity (Wildman–Crippen MR) is 51.6 cm³/mol. The molecule has 78 valence electrons. The summed E-state index contributed by atoms with van der Waals surface area (Å²) < 4.78 is 13.0. The molecule has 0 saturated carbocycles. The van der Waals surface area contributed by atoms with Gasteiger partial charge in [-0.2, -0.15) is 15.4 Å². The summed E-state index contributed by atoms with van der Waals surface area (Å²) in [6.45, 7) is 1.65. The average Bonchev–Trinajstić information content (AvgIpc) is 2.74. The lowest BCUT2D eigenvalue weighted by atomic mass is 10.0. The van der Waals surface area contributed by atoms with Gasteiger partial charge >= 0.3 is 0 Å². The third kappa shape index (κ3) is 1.87. The quantitative estimate of drug-likeness (QED) is 0.781. The van der Waals surface area contributed by atoms with E-state index in [-0.39, 0.29) is 5.82 Å². The second-order valence-electron chi connectivity index (χ2n) is 3.31. The predicted octanol–water partition coefficient (Wildman–Crippen LogP) is 1.33. The van der Waals surface area contributed by atoms with Gasteiger partial charge in [-0.05, 0) is 24.1 Å². The molecule has 0 aliphatic rings. The summed E-state index contributed by atoms with van der Waals surface area (Å²) >= 11 is 0. The summed E-state index contributed by atoms with van der Waals surface area (Å²) in [5.74, 6) is -0.286. The number of hydrogen-bond donors (Lipinski definition) is 2. The second kappa shape index (κ2) is 3.78. The van der Waals surface area contributed by atoms with Gasteiger partial charge in [-0.1, -0.05) is 12.1 Å². The maximum absolute atomic E-state index is 13.0. The Morgan fingerprint density at radius 1 is 1.47 bits per heavy atom. The molecule has 0 aliphatic heterocycles. The fourth-order valence-electron chi connectivity index (χ4n) is 1.35. The lowest BCUT2D eigenvalue weighted by Gasteiger charge is -2.08. The average molecular weight is 207 g/mol. The van der Waals surface area contributed by atoms with Gasteiger partial charge in [0.15, 0.2) is 0 Å². The number of halogens is 1. The lowest BCUT2D eigenvalue weighted by Crippen LogP contribution is -2.01. The molecule has 1 aromatic carbocycles. The lowest BCUT2D eigenvalue weighted by molar-refractivity contribution is 0.215. The van der Waals surface area contributed by atoms with Crippen LogP contribution in [0.2, 0.25) is 0 Å². The van der Waals surface area contributed by atoms with E-state index in [1.807, 2.05) is 0 Å². The zero-order chi connectivity index (χ0) is 10.8. The number of aliphatic hydroxyl groups excluding tert-OH is 1. The number of aryl methyl sites for hydroxylation is 1. The van der Waals surface area contributed by atoms with Crippen LogP contribution >= 0.6 is 0 Å². The number of nitrogens with one attached hydrogen (secondary N) is 1. The van der Waals surface area contributed by atoms with Crippen LogP contribution in [-0.4, -0.2) is 20.5 Å². The van der Waals surface area contributed by atoms with E-state index >= 15 is 0 Å². The molecule has 0 spiro atoms. The van der Waals surface area contributed by atoms with Crippen LogP contribution in [0, 0.1) is 12.7 Å². The van der Waals surface area contributed by atoms with Crippen molar-refractivity contribution < 1.29 is 9.50 Å². The number of benzene rings is 1. The minimum absolute atomic E-state index is 0.286. The first kappa shape index (κ1) is 9.79. The highest BCUT2D eigenvalue weighted by Crippen LogP contribution is 2.21. The van der Waals surface area contributed by atoms with Crippen LogP contribution < -0.4 is 0 Å². The molecule has 0 fully saturated rings. The highest BCUT2D eigenvalue weighted by atomic mass is 19.1. The van der Waals surface area contributed by atoms with E-state index in [1.54, 1.807) is 13.0 Å². The smallest absolute Gasteiger partial charge is 0.126 e. The van der Waals surface area contributed by atoms with Crippen molar-refractivity contribution in [2.45, 2.75) is 13.0 Å². The normalized spacial score (nSPS) is 12.7. The Kier molecular flexibility index (Phi) is 2.47. The van der Waals surface area contributed by atoms with Crippen LogP contribution in [0.15, 0.2) is 24.4 Å². The third-order valence-corrected chi connectivity index (χ3v) is 2.21. The van der Waals surface area contributed by atoms with Gasteiger partial charge in [-0.15, -0.1) is 0 Å². The van der Waals surface area contributed by atoms with E-state index in [0.29, 0.717) is 16.8 Å². The van der Waals surface area contributed by atoms with Crippen LogP contribution in [-0.2, 0) is 0 Å². The van der Waals surface area contributed by atoms with E-state index in [9.17, 15) is 9.50 Å². The molecular formula is C10H10FN3O. The van der Waals surface area contributed by atoms with Crippen LogP contribution in [0.3, 0.4) is 0 Å². The molecule has 0 amide bonds. The maximum Gasteiger partial charge on any atom is 0.126 e. The van der Waals surface area contributed by atoms with Crippen LogP contribution in [0.1, 0.15) is 22.9 Å². The molecule has 0 bridgehead atoms. The Bertz CT molecular complexity index is 456. The van der Waals surface area contributed by atoms with Crippen LogP contribution in [0.25, 0.3) is 0 Å². The highest BCUT2D eigenvalue weighted by molar-refractivity contribution is 5.29. The van der Waals surface area contributed by atoms with Crippen molar-refractivity contribution in [3.05, 3.63) is 47.0 Å². The molecule has 15 heavy (non-hydrogen) atoms. The molecule has 1 heterocycles. The topological polar surface area (TPSA) is 61.8 Å². The molecule has 2 rings (SSSR count). The van der Waals surface area contributed by atoms with Gasteiger partial charge in [0.25, 0.3) is 0 Å². The second-order valence-corrected chi connectivity index (χ2v) is 3.31. The summed E-state index contributed by atoms with van der Waals surface area (Å²) in [4.78, 5) is 0. The van der Waals surface area contributed by atoms with Crippen molar-refractivity contribution in [3.8, 4) is 0 Å². The van der Waals surface area contributed by atoms with E-state index in [1.165, 1.54) is 18.3 Å². The molecule has 5 heteroatoms. The molecule has 0 aliphatic carbocycles. The van der Waals surface area contributed by atoms with Crippen LogP contribution in [0.5, 0.6) is 0 Å². The number of aromatic amines is 1. The number of nitrogens with zero attached hydrogens (tertiary/aromatic N) is 2. The minimum atomic E-state index is -0.872. The fraction of sp³-hybridized carbons (Fsp3) is 0.200. The summed E-state index contributed by atoms with van der Waals surface area (Å²) in [6, 6.07) is 4.45. The minimum Gasteiger partial charge on any atom is -0.382 e. The van der Waals surface area contributed by atoms with E-state index in [0.717, 1.165) is 0 Å². The van der Waals surface area contributed by atoms with Crippen molar-refractivity contribution in [1.29, 1.82) is 0 Å². The standard InChI is InChI=1S/C10H10FN3O/c1-6-4-7(2-3-8(6)11)10(15)9-5-12-14-13-9/h2-5,10,15H,1H3,(H,12,13,14). The van der Waals surface area contributed by atoms with Gasteiger partial charge in [0.1, 0.15) is 17.6 Å². The Morgan fingerprint density at radius 3 is 2.87 bits per heavy atom. The van der Waals surface area contributed by atoms with Crippen molar-refractivity contribution in [2.75, 3.05) is 0 Å². The van der Waals surface area contributed by atoms with E-state index in [2.05, 4.69) is 15.4 Å². The first-order valence-corrected chi connectivity index (χ1v) is 4.48. The zero-order valence-corrected chi connectivity index (χ0v) is 8.11. The van der Waals surface area contributed by atoms with Crippen molar-refractivity contribution in [1.82, 2.24) is 15.4 Å². The van der Waals surface area contributed by atoms with Gasteiger partial charge in [0.2, 0.25) is 0 Å². The first-order chi connectivity index (χ1) is 7.18. The molecule has 0 saturated heterocycles. The number of aromatic nitrogens is 3. The Balaban J connectivity index is 2.34. The Morgan fingerprint density at radius 2 is 2.27 bits per heavy atom. The largest absolute Gasteiger partial charge is 0.382 e. The van der Waals surface area contributed by atoms with Crippen LogP contribution in [0.4, 0.5) is 4.39 Å². The Hall–Kier alpha value is -1.75. The van der Waals surface area contributed by atoms with E-state index in [4.69, 9.17) is 0 Å².